The Morgan fingerprint density at radius 2 is 2.12 bits per heavy atom. The summed E-state index contributed by atoms with van der Waals surface area (Å²) in [6.07, 6.45) is 5.99. The van der Waals surface area contributed by atoms with Crippen molar-refractivity contribution in [3.05, 3.63) is 0 Å². The van der Waals surface area contributed by atoms with Gasteiger partial charge in [0, 0.05) is 19.4 Å². The second-order valence-corrected chi connectivity index (χ2v) is 6.18. The lowest BCUT2D eigenvalue weighted by molar-refractivity contribution is -0.198. The molecule has 0 aliphatic heterocycles. The molecule has 0 saturated heterocycles. The molecule has 17 heavy (non-hydrogen) atoms. The van der Waals surface area contributed by atoms with Gasteiger partial charge in [-0.2, -0.15) is 5.26 Å². The summed E-state index contributed by atoms with van der Waals surface area (Å²) >= 11 is 0. The maximum absolute atomic E-state index is 10.8. The van der Waals surface area contributed by atoms with Crippen molar-refractivity contribution in [3.63, 3.8) is 0 Å². The van der Waals surface area contributed by atoms with Crippen molar-refractivity contribution in [2.24, 2.45) is 17.3 Å². The van der Waals surface area contributed by atoms with E-state index in [1.54, 1.807) is 0 Å². The fraction of sp³-hybridized carbons (Fsp3) is 0.929. The molecule has 0 amide bonds. The van der Waals surface area contributed by atoms with Crippen LogP contribution in [-0.2, 0) is 4.74 Å². The van der Waals surface area contributed by atoms with E-state index < -0.39 is 11.0 Å². The summed E-state index contributed by atoms with van der Waals surface area (Å²) in [5, 5.41) is 20.4. The molecule has 0 aromatic heterocycles. The van der Waals surface area contributed by atoms with Gasteiger partial charge in [0.1, 0.15) is 0 Å². The molecule has 0 radical (unpaired) electrons. The Bertz CT molecular complexity index is 356. The SMILES string of the molecule is CCOC1CC(O)(C2(C#N)CC3CCC2C3)C1. The molecule has 94 valence electrons. The maximum Gasteiger partial charge on any atom is 0.0892 e. The molecule has 0 aromatic rings. The van der Waals surface area contributed by atoms with Crippen molar-refractivity contribution in [2.75, 3.05) is 6.61 Å². The van der Waals surface area contributed by atoms with Crippen molar-refractivity contribution < 1.29 is 9.84 Å². The molecular formula is C14H21NO2. The Morgan fingerprint density at radius 1 is 1.35 bits per heavy atom. The van der Waals surface area contributed by atoms with Gasteiger partial charge in [0.2, 0.25) is 0 Å². The number of ether oxygens (including phenoxy) is 1. The van der Waals surface area contributed by atoms with Crippen LogP contribution in [0.3, 0.4) is 0 Å². The summed E-state index contributed by atoms with van der Waals surface area (Å²) in [5.74, 6) is 1.12. The summed E-state index contributed by atoms with van der Waals surface area (Å²) in [7, 11) is 0. The molecule has 3 unspecified atom stereocenters. The monoisotopic (exact) mass is 235 g/mol. The van der Waals surface area contributed by atoms with Gasteiger partial charge in [-0.3, -0.25) is 0 Å². The van der Waals surface area contributed by atoms with E-state index in [4.69, 9.17) is 4.74 Å². The first kappa shape index (κ1) is 11.5. The van der Waals surface area contributed by atoms with E-state index in [9.17, 15) is 10.4 Å². The molecule has 3 fully saturated rings. The Labute approximate surface area is 103 Å². The highest BCUT2D eigenvalue weighted by Gasteiger charge is 2.66. The minimum Gasteiger partial charge on any atom is -0.388 e. The first-order chi connectivity index (χ1) is 8.13. The third-order valence-corrected chi connectivity index (χ3v) is 5.41. The Kier molecular flexibility index (Phi) is 2.50. The lowest BCUT2D eigenvalue weighted by atomic mass is 9.55. The van der Waals surface area contributed by atoms with E-state index in [2.05, 4.69) is 6.07 Å². The van der Waals surface area contributed by atoms with Crippen LogP contribution < -0.4 is 0 Å². The van der Waals surface area contributed by atoms with Gasteiger partial charge in [0.05, 0.1) is 23.2 Å². The van der Waals surface area contributed by atoms with Crippen LogP contribution in [0.5, 0.6) is 0 Å². The summed E-state index contributed by atoms with van der Waals surface area (Å²) in [6, 6.07) is 2.51. The maximum atomic E-state index is 10.8. The van der Waals surface area contributed by atoms with Crippen LogP contribution in [-0.4, -0.2) is 23.4 Å². The number of hydrogen-bond acceptors (Lipinski definition) is 3. The number of nitriles is 1. The Hall–Kier alpha value is -0.590. The molecule has 3 aliphatic rings. The van der Waals surface area contributed by atoms with Crippen LogP contribution in [0.2, 0.25) is 0 Å². The molecule has 1 N–H and O–H groups in total. The van der Waals surface area contributed by atoms with E-state index in [1.165, 1.54) is 6.42 Å². The van der Waals surface area contributed by atoms with E-state index in [1.807, 2.05) is 6.92 Å². The Morgan fingerprint density at radius 3 is 2.59 bits per heavy atom. The highest BCUT2D eigenvalue weighted by molar-refractivity contribution is 5.23. The summed E-state index contributed by atoms with van der Waals surface area (Å²) in [5.41, 5.74) is -1.22. The van der Waals surface area contributed by atoms with Crippen molar-refractivity contribution in [3.8, 4) is 6.07 Å². The van der Waals surface area contributed by atoms with Crippen LogP contribution in [0.25, 0.3) is 0 Å². The van der Waals surface area contributed by atoms with Crippen LogP contribution in [0.4, 0.5) is 0 Å². The minimum atomic E-state index is -0.762. The lowest BCUT2D eigenvalue weighted by Gasteiger charge is -2.54. The largest absolute Gasteiger partial charge is 0.388 e. The van der Waals surface area contributed by atoms with Gasteiger partial charge in [-0.05, 0) is 38.0 Å². The molecule has 3 rings (SSSR count). The molecular weight excluding hydrogens is 214 g/mol. The predicted molar refractivity (Wildman–Crippen MR) is 63.1 cm³/mol. The van der Waals surface area contributed by atoms with E-state index in [0.29, 0.717) is 31.3 Å². The highest BCUT2D eigenvalue weighted by atomic mass is 16.5. The average molecular weight is 235 g/mol. The molecule has 3 saturated carbocycles. The topological polar surface area (TPSA) is 53.2 Å². The summed E-state index contributed by atoms with van der Waals surface area (Å²) < 4.78 is 5.53. The van der Waals surface area contributed by atoms with E-state index >= 15 is 0 Å². The molecule has 0 heterocycles. The first-order valence-electron chi connectivity index (χ1n) is 6.89. The van der Waals surface area contributed by atoms with Gasteiger partial charge in [0.15, 0.2) is 0 Å². The normalized spacial score (nSPS) is 52.2. The molecule has 3 nitrogen and oxygen atoms in total. The minimum absolute atomic E-state index is 0.175. The molecule has 2 bridgehead atoms. The van der Waals surface area contributed by atoms with Gasteiger partial charge >= 0.3 is 0 Å². The van der Waals surface area contributed by atoms with Crippen LogP contribution in [0, 0.1) is 28.6 Å². The van der Waals surface area contributed by atoms with Crippen molar-refractivity contribution in [1.29, 1.82) is 5.26 Å². The average Bonchev–Trinajstić information content (AvgIpc) is 2.87. The summed E-state index contributed by atoms with van der Waals surface area (Å²) in [4.78, 5) is 0. The van der Waals surface area contributed by atoms with Gasteiger partial charge in [-0.1, -0.05) is 6.42 Å². The number of aliphatic hydroxyl groups is 1. The second-order valence-electron chi connectivity index (χ2n) is 6.18. The number of fused-ring (bicyclic) bond motifs is 2. The number of rotatable bonds is 3. The molecule has 3 aliphatic carbocycles. The van der Waals surface area contributed by atoms with Crippen molar-refractivity contribution >= 4 is 0 Å². The third-order valence-electron chi connectivity index (χ3n) is 5.41. The number of nitrogens with zero attached hydrogens (tertiary/aromatic N) is 1. The molecule has 3 atom stereocenters. The zero-order valence-electron chi connectivity index (χ0n) is 10.5. The van der Waals surface area contributed by atoms with Gasteiger partial charge in [-0.25, -0.2) is 0 Å². The predicted octanol–water partition coefficient (Wildman–Crippen LogP) is 2.25. The standard InChI is InChI=1S/C14H21NO2/c1-2-17-12-7-14(16,8-12)13(9-15)6-10-3-4-11(13)5-10/h10-12,16H,2-8H2,1H3. The zero-order chi connectivity index (χ0) is 12.1. The van der Waals surface area contributed by atoms with Crippen LogP contribution in [0.1, 0.15) is 45.4 Å². The second kappa shape index (κ2) is 3.70. The fourth-order valence-corrected chi connectivity index (χ4v) is 4.55. The molecule has 0 spiro atoms. The number of hydrogen-bond donors (Lipinski definition) is 1. The lowest BCUT2D eigenvalue weighted by Crippen LogP contribution is -2.61. The molecule has 3 heteroatoms. The van der Waals surface area contributed by atoms with Crippen LogP contribution >= 0.6 is 0 Å². The Balaban J connectivity index is 1.77. The molecule has 0 aromatic carbocycles. The van der Waals surface area contributed by atoms with Gasteiger partial charge < -0.3 is 9.84 Å². The third kappa shape index (κ3) is 1.41. The van der Waals surface area contributed by atoms with E-state index in [0.717, 1.165) is 19.3 Å². The van der Waals surface area contributed by atoms with Gasteiger partial charge in [0.25, 0.3) is 0 Å². The van der Waals surface area contributed by atoms with Gasteiger partial charge in [-0.15, -0.1) is 0 Å². The highest BCUT2D eigenvalue weighted by Crippen LogP contribution is 2.64. The first-order valence-corrected chi connectivity index (χ1v) is 6.89. The van der Waals surface area contributed by atoms with E-state index in [-0.39, 0.29) is 6.10 Å². The quantitative estimate of drug-likeness (QED) is 0.816. The van der Waals surface area contributed by atoms with Crippen molar-refractivity contribution in [1.82, 2.24) is 0 Å². The zero-order valence-corrected chi connectivity index (χ0v) is 10.5. The summed E-state index contributed by atoms with van der Waals surface area (Å²) in [6.45, 7) is 2.68. The smallest absolute Gasteiger partial charge is 0.0892 e. The fourth-order valence-electron chi connectivity index (χ4n) is 4.55. The van der Waals surface area contributed by atoms with Crippen molar-refractivity contribution in [2.45, 2.75) is 57.2 Å². The van der Waals surface area contributed by atoms with Crippen LogP contribution in [0.15, 0.2) is 0 Å².